The number of nitrogens with one attached hydrogen (secondary N) is 3. The topological polar surface area (TPSA) is 245 Å². The monoisotopic (exact) mass is 1180 g/mol. The Labute approximate surface area is 495 Å². The lowest BCUT2D eigenvalue weighted by Crippen LogP contribution is -2.86. The van der Waals surface area contributed by atoms with Gasteiger partial charge in [-0.1, -0.05) is 86.1 Å². The molecular weight excluding hydrogens is 1080 g/mol. The molecule has 3 spiro atoms. The van der Waals surface area contributed by atoms with Crippen LogP contribution in [-0.4, -0.2) is 159 Å². The van der Waals surface area contributed by atoms with Crippen LogP contribution in [0.2, 0.25) is 0 Å². The first-order valence-electron chi connectivity index (χ1n) is 32.0. The normalized spacial score (nSPS) is 42.4. The van der Waals surface area contributed by atoms with Crippen molar-refractivity contribution >= 4 is 38.5 Å². The minimum atomic E-state index is -2.50. The van der Waals surface area contributed by atoms with E-state index in [0.29, 0.717) is 53.7 Å². The number of carbonyl (C=O) groups excluding carboxylic acids is 1. The van der Waals surface area contributed by atoms with Gasteiger partial charge in [-0.2, -0.15) is 0 Å². The number of benzene rings is 1. The predicted octanol–water partition coefficient (Wildman–Crippen LogP) is 7.98. The lowest BCUT2D eigenvalue weighted by molar-refractivity contribution is -0.424. The van der Waals surface area contributed by atoms with E-state index in [2.05, 4.69) is 36.8 Å². The molecule has 1 aromatic carbocycles. The second-order valence-electron chi connectivity index (χ2n) is 27.2. The summed E-state index contributed by atoms with van der Waals surface area (Å²) in [5.41, 5.74) is -6.67. The summed E-state index contributed by atoms with van der Waals surface area (Å²) in [5, 5.41) is 102. The second-order valence-corrected chi connectivity index (χ2v) is 29.8. The largest absolute Gasteiger partial charge is 0.485 e. The number of hydrogen-bond donors (Lipinski definition) is 10. The van der Waals surface area contributed by atoms with Crippen molar-refractivity contribution in [2.24, 2.45) is 52.8 Å². The Kier molecular flexibility index (Phi) is 20.1. The molecular formula is C64H101N3O13S2. The Morgan fingerprint density at radius 3 is 2.49 bits per heavy atom. The van der Waals surface area contributed by atoms with Gasteiger partial charge in [-0.05, 0) is 189 Å². The van der Waals surface area contributed by atoms with Crippen molar-refractivity contribution in [1.82, 2.24) is 16.0 Å². The summed E-state index contributed by atoms with van der Waals surface area (Å²) in [6.45, 7) is 8.42. The molecule has 19 unspecified atom stereocenters. The van der Waals surface area contributed by atoms with Crippen molar-refractivity contribution in [3.05, 3.63) is 36.1 Å². The van der Waals surface area contributed by atoms with Crippen LogP contribution in [-0.2, 0) is 20.7 Å². The van der Waals surface area contributed by atoms with Gasteiger partial charge in [0.05, 0.1) is 30.7 Å². The van der Waals surface area contributed by atoms with E-state index in [1.807, 2.05) is 30.0 Å². The maximum absolute atomic E-state index is 13.9. The summed E-state index contributed by atoms with van der Waals surface area (Å²) in [5.74, 6) is -1.05. The first-order valence-corrected chi connectivity index (χ1v) is 34.3. The van der Waals surface area contributed by atoms with Gasteiger partial charge in [-0.25, -0.2) is 0 Å². The van der Waals surface area contributed by atoms with Crippen molar-refractivity contribution in [3.63, 3.8) is 0 Å². The molecule has 10 rings (SSSR count). The first kappa shape index (κ1) is 62.9. The molecule has 0 radical (unpaired) electrons. The molecule has 19 atom stereocenters. The molecule has 4 saturated carbocycles. The summed E-state index contributed by atoms with van der Waals surface area (Å²) in [7, 11) is 7.52. The third-order valence-electron chi connectivity index (χ3n) is 22.1. The average molecular weight is 1180 g/mol. The Hall–Kier alpha value is -2.17. The van der Waals surface area contributed by atoms with Gasteiger partial charge in [0.1, 0.15) is 23.9 Å². The molecule has 2 aromatic rings. The van der Waals surface area contributed by atoms with Crippen LogP contribution in [0.1, 0.15) is 161 Å². The van der Waals surface area contributed by atoms with Crippen LogP contribution in [0.5, 0.6) is 11.5 Å². The van der Waals surface area contributed by atoms with E-state index >= 15 is 0 Å². The molecule has 1 aromatic heterocycles. The molecule has 5 aliphatic carbocycles. The highest BCUT2D eigenvalue weighted by Crippen LogP contribution is 2.69. The standard InChI is InChI=1S/C64H101N3O13S2/c1-6-8-9-12-41-30-43(37-66-5)34-60(73,33-41)24-21-49-59(23-20-42(32-59)36-65-4)25-26-61(49)50-18-14-40(3)11-10-13-51(70)63(39-81-82-61)62(74)35-46-15-17-48(69)47(38-68)53(46)64(75,57(62)72)58(80-63)79-55-44(16-19-52(71)76-7-2)31-45-22-28-77-54(45)56(55)78-29-27-67-50/h15,17,22,28,31,40-43,46-51,53,57-58,65-70,72-75H,6-14,16,18-21,23-27,29-30,32-39H2,1-5H3. The average Bonchev–Trinajstić information content (AvgIpc) is 0.926. The fourth-order valence-corrected chi connectivity index (χ4v) is 22.5. The summed E-state index contributed by atoms with van der Waals surface area (Å²) in [4.78, 5) is 13.1. The number of hydrogen-bond acceptors (Lipinski definition) is 18. The van der Waals surface area contributed by atoms with E-state index in [-0.39, 0.29) is 79.4 Å². The maximum atomic E-state index is 13.9. The third kappa shape index (κ3) is 11.9. The molecule has 5 bridgehead atoms. The number of rotatable bonds is 16. The molecule has 10 N–H and O–H groups in total. The Morgan fingerprint density at radius 1 is 0.902 bits per heavy atom. The van der Waals surface area contributed by atoms with Gasteiger partial charge < -0.3 is 75.1 Å². The van der Waals surface area contributed by atoms with Gasteiger partial charge in [0, 0.05) is 53.3 Å². The molecule has 18 heteroatoms. The molecule has 16 nitrogen and oxygen atoms in total. The number of aliphatic hydroxyl groups is 7. The molecule has 462 valence electrons. The van der Waals surface area contributed by atoms with E-state index < -0.39 is 82.1 Å². The van der Waals surface area contributed by atoms with Gasteiger partial charge in [-0.15, -0.1) is 0 Å². The quantitative estimate of drug-likeness (QED) is 0.0331. The summed E-state index contributed by atoms with van der Waals surface area (Å²) >= 11 is 0. The van der Waals surface area contributed by atoms with Crippen molar-refractivity contribution in [1.29, 1.82) is 0 Å². The number of ether oxygens (including phenoxy) is 4. The Balaban J connectivity index is 1.13. The van der Waals surface area contributed by atoms with Gasteiger partial charge in [0.15, 0.2) is 16.9 Å². The lowest BCUT2D eigenvalue weighted by atomic mass is 9.50. The zero-order valence-corrected chi connectivity index (χ0v) is 51.4. The van der Waals surface area contributed by atoms with Gasteiger partial charge in [-0.3, -0.25) is 4.79 Å². The van der Waals surface area contributed by atoms with E-state index in [4.69, 9.17) is 23.4 Å². The number of aryl methyl sites for hydroxylation is 1. The Bertz CT molecular complexity index is 2490. The van der Waals surface area contributed by atoms with Gasteiger partial charge >= 0.3 is 5.97 Å². The second kappa shape index (κ2) is 26.3. The van der Waals surface area contributed by atoms with Crippen LogP contribution in [0.25, 0.3) is 11.0 Å². The summed E-state index contributed by atoms with van der Waals surface area (Å²) < 4.78 is 32.8. The van der Waals surface area contributed by atoms with E-state index in [0.717, 1.165) is 96.6 Å². The van der Waals surface area contributed by atoms with Crippen molar-refractivity contribution < 1.29 is 63.9 Å². The van der Waals surface area contributed by atoms with Crippen molar-refractivity contribution in [2.75, 3.05) is 59.3 Å². The number of fused-ring (bicyclic) bond motifs is 11. The molecule has 8 aliphatic rings. The van der Waals surface area contributed by atoms with Crippen molar-refractivity contribution in [3.8, 4) is 11.5 Å². The van der Waals surface area contributed by atoms with Crippen LogP contribution in [0.4, 0.5) is 0 Å². The third-order valence-corrected chi connectivity index (χ3v) is 25.4. The van der Waals surface area contributed by atoms with Gasteiger partial charge in [0.2, 0.25) is 12.0 Å². The summed E-state index contributed by atoms with van der Waals surface area (Å²) in [6.07, 6.45) is 16.3. The number of allylic oxidation sites excluding steroid dienone is 1. The SMILES string of the molecule is CCCCCC1CC(CNC)CC(O)(CCC2C3(CCC(CNC)C3)CCC23SSCC24OC(Oc5c(CCC(=O)OCC)cc6ccoc6c5OCCNC3CCC(C)CCCC2O)C2(O)C3C(C=CC(O)C3CO)CC4(O)C2O)C1. The summed E-state index contributed by atoms with van der Waals surface area (Å²) in [6, 6.07) is 3.64. The van der Waals surface area contributed by atoms with Crippen LogP contribution >= 0.6 is 21.6 Å². The van der Waals surface area contributed by atoms with E-state index in [1.54, 1.807) is 36.1 Å². The predicted molar refractivity (Wildman–Crippen MR) is 320 cm³/mol. The maximum Gasteiger partial charge on any atom is 0.306 e. The molecule has 6 fully saturated rings. The lowest BCUT2D eigenvalue weighted by Gasteiger charge is -2.67. The zero-order valence-electron chi connectivity index (χ0n) is 49.8. The fourth-order valence-electron chi connectivity index (χ4n) is 18.2. The Morgan fingerprint density at radius 2 is 1.71 bits per heavy atom. The smallest absolute Gasteiger partial charge is 0.306 e. The van der Waals surface area contributed by atoms with Crippen LogP contribution in [0.3, 0.4) is 0 Å². The number of unbranched alkanes of at least 4 members (excludes halogenated alkanes) is 2. The van der Waals surface area contributed by atoms with Gasteiger partial charge in [0.25, 0.3) is 0 Å². The minimum Gasteiger partial charge on any atom is -0.485 e. The van der Waals surface area contributed by atoms with E-state index in [1.165, 1.54) is 19.3 Å². The van der Waals surface area contributed by atoms with Crippen LogP contribution in [0, 0.1) is 52.8 Å². The highest BCUT2D eigenvalue weighted by molar-refractivity contribution is 8.77. The molecule has 2 saturated heterocycles. The van der Waals surface area contributed by atoms with Crippen LogP contribution in [0.15, 0.2) is 35.0 Å². The highest BCUT2D eigenvalue weighted by atomic mass is 33.1. The minimum absolute atomic E-state index is 0.00692. The molecule has 0 amide bonds. The first-order chi connectivity index (χ1) is 39.5. The number of carbonyl (C=O) groups is 1. The number of aliphatic hydroxyl groups excluding tert-OH is 4. The van der Waals surface area contributed by atoms with Crippen molar-refractivity contribution in [2.45, 2.75) is 220 Å². The van der Waals surface area contributed by atoms with Crippen LogP contribution < -0.4 is 25.4 Å². The molecule has 82 heavy (non-hydrogen) atoms. The molecule has 3 aliphatic heterocycles. The fraction of sp³-hybridized carbons (Fsp3) is 0.828. The zero-order chi connectivity index (χ0) is 58.1. The number of esters is 1. The molecule has 4 heterocycles. The van der Waals surface area contributed by atoms with E-state index in [9.17, 15) is 40.5 Å². The number of furan rings is 1. The highest BCUT2D eigenvalue weighted by Gasteiger charge is 2.78.